The van der Waals surface area contributed by atoms with E-state index in [4.69, 9.17) is 0 Å². The molecule has 2 unspecified atom stereocenters. The van der Waals surface area contributed by atoms with Gasteiger partial charge >= 0.3 is 0 Å². The molecule has 5 rings (SSSR count). The lowest BCUT2D eigenvalue weighted by atomic mass is 10.1. The summed E-state index contributed by atoms with van der Waals surface area (Å²) in [7, 11) is 1.85. The lowest BCUT2D eigenvalue weighted by molar-refractivity contribution is -0.119. The third-order valence-electron chi connectivity index (χ3n) is 5.69. The molecule has 1 fully saturated rings. The molecule has 3 heterocycles. The molecule has 0 saturated carbocycles. The summed E-state index contributed by atoms with van der Waals surface area (Å²) in [5, 5.41) is 5.56. The van der Waals surface area contributed by atoms with Gasteiger partial charge in [0.25, 0.3) is 11.5 Å². The molecule has 11 heteroatoms. The number of nitrogens with zero attached hydrogens (tertiary/aromatic N) is 4. The van der Waals surface area contributed by atoms with Gasteiger partial charge in [-0.15, -0.1) is 11.3 Å². The number of benzene rings is 2. The predicted molar refractivity (Wildman–Crippen MR) is 149 cm³/mol. The Bertz CT molecular complexity index is 1500. The van der Waals surface area contributed by atoms with Gasteiger partial charge in [-0.05, 0) is 24.6 Å². The zero-order valence-electron chi connectivity index (χ0n) is 18.6. The predicted octanol–water partition coefficient (Wildman–Crippen LogP) is 5.69. The van der Waals surface area contributed by atoms with E-state index in [1.165, 1.54) is 23.1 Å². The molecule has 1 saturated heterocycles. The first-order valence-corrected chi connectivity index (χ1v) is 14.0. The molecule has 0 bridgehead atoms. The Morgan fingerprint density at radius 1 is 1.09 bits per heavy atom. The number of para-hydroxylation sites is 1. The van der Waals surface area contributed by atoms with Gasteiger partial charge in [-0.1, -0.05) is 92.2 Å². The number of carbonyl (C=O) groups excluding carboxylic acids is 1. The number of hydrogen-bond donors (Lipinski definition) is 1. The normalized spacial score (nSPS) is 19.8. The van der Waals surface area contributed by atoms with Crippen molar-refractivity contribution in [3.63, 3.8) is 0 Å². The second kappa shape index (κ2) is 9.53. The second-order valence-corrected chi connectivity index (χ2v) is 12.6. The molecule has 2 atom stereocenters. The van der Waals surface area contributed by atoms with Gasteiger partial charge in [0.1, 0.15) is 0 Å². The minimum atomic E-state index is -0.952. The summed E-state index contributed by atoms with van der Waals surface area (Å²) < 4.78 is 2.50. The van der Waals surface area contributed by atoms with Gasteiger partial charge < -0.3 is 5.32 Å². The number of nitrogens with one attached hydrogen (secondary N) is 1. The van der Waals surface area contributed by atoms with Crippen LogP contribution in [-0.2, 0) is 11.8 Å². The maximum atomic E-state index is 13.3. The Labute approximate surface area is 226 Å². The Morgan fingerprint density at radius 2 is 1.74 bits per heavy atom. The summed E-state index contributed by atoms with van der Waals surface area (Å²) in [6.45, 7) is 1.90. The van der Waals surface area contributed by atoms with Crippen LogP contribution in [0.2, 0.25) is 0 Å². The van der Waals surface area contributed by atoms with Crippen LogP contribution >= 0.6 is 55.0 Å². The van der Waals surface area contributed by atoms with E-state index < -0.39 is 3.66 Å². The minimum absolute atomic E-state index is 0.145. The lowest BCUT2D eigenvalue weighted by Gasteiger charge is -2.23. The number of thioether (sulfide) groups is 1. The molecule has 2 aromatic heterocycles. The molecule has 1 aliphatic heterocycles. The van der Waals surface area contributed by atoms with Crippen LogP contribution in [0, 0.1) is 6.92 Å². The zero-order valence-corrected chi connectivity index (χ0v) is 23.4. The van der Waals surface area contributed by atoms with Crippen LogP contribution in [0.4, 0.5) is 5.13 Å². The molecular formula is C24H19Br2N5O2S2. The molecule has 7 nitrogen and oxygen atoms in total. The number of aliphatic imine (C=N–C) groups is 1. The molecule has 1 amide bonds. The number of carbonyl (C=O) groups is 1. The number of amides is 1. The van der Waals surface area contributed by atoms with E-state index in [0.29, 0.717) is 21.6 Å². The van der Waals surface area contributed by atoms with Crippen molar-refractivity contribution in [1.82, 2.24) is 19.7 Å². The standard InChI is InChI=1S/C24H19Br2N5O2S2/c1-14-18(20(32)31(30(14)2)16-11-7-4-8-12-16)17-13-34-22(27-17)29-23-28-21(33)24(26,35-23)19(25)15-9-5-3-6-10-15/h3-13,19H,1-2H3,(H,27,28,29,33). The molecule has 1 N–H and O–H groups in total. The van der Waals surface area contributed by atoms with Crippen molar-refractivity contribution in [1.29, 1.82) is 0 Å². The Balaban J connectivity index is 1.44. The summed E-state index contributed by atoms with van der Waals surface area (Å²) in [5.74, 6) is -0.201. The topological polar surface area (TPSA) is 81.3 Å². The maximum Gasteiger partial charge on any atom is 0.281 e. The van der Waals surface area contributed by atoms with Crippen LogP contribution < -0.4 is 10.9 Å². The number of hydrogen-bond acceptors (Lipinski definition) is 6. The van der Waals surface area contributed by atoms with Gasteiger partial charge in [-0.2, -0.15) is 4.99 Å². The van der Waals surface area contributed by atoms with Crippen LogP contribution in [0.1, 0.15) is 16.1 Å². The summed E-state index contributed by atoms with van der Waals surface area (Å²) >= 11 is 9.89. The van der Waals surface area contributed by atoms with Crippen LogP contribution in [0.25, 0.3) is 16.9 Å². The van der Waals surface area contributed by atoms with Crippen molar-refractivity contribution in [2.24, 2.45) is 12.0 Å². The molecule has 35 heavy (non-hydrogen) atoms. The largest absolute Gasteiger partial charge is 0.303 e. The zero-order chi connectivity index (χ0) is 24.7. The number of alkyl halides is 2. The Kier molecular flexibility index (Phi) is 6.60. The highest BCUT2D eigenvalue weighted by Gasteiger charge is 2.50. The molecule has 0 spiro atoms. The van der Waals surface area contributed by atoms with E-state index >= 15 is 0 Å². The first-order chi connectivity index (χ1) is 16.8. The second-order valence-electron chi connectivity index (χ2n) is 7.84. The van der Waals surface area contributed by atoms with E-state index in [0.717, 1.165) is 16.9 Å². The molecule has 178 valence electrons. The van der Waals surface area contributed by atoms with E-state index in [1.54, 1.807) is 4.68 Å². The Hall–Kier alpha value is -2.47. The fourth-order valence-electron chi connectivity index (χ4n) is 3.83. The van der Waals surface area contributed by atoms with Gasteiger partial charge in [0.2, 0.25) is 5.13 Å². The highest BCUT2D eigenvalue weighted by Crippen LogP contribution is 2.51. The average Bonchev–Trinajstić information content (AvgIpc) is 3.49. The van der Waals surface area contributed by atoms with Crippen LogP contribution in [0.3, 0.4) is 0 Å². The first kappa shape index (κ1) is 24.2. The van der Waals surface area contributed by atoms with E-state index in [9.17, 15) is 9.59 Å². The van der Waals surface area contributed by atoms with Crippen LogP contribution in [0.5, 0.6) is 0 Å². The number of amidine groups is 1. The third-order valence-corrected chi connectivity index (χ3v) is 11.0. The van der Waals surface area contributed by atoms with Crippen molar-refractivity contribution in [3.8, 4) is 16.9 Å². The molecule has 0 radical (unpaired) electrons. The summed E-state index contributed by atoms with van der Waals surface area (Å²) in [5.41, 5.74) is 3.50. The summed E-state index contributed by atoms with van der Waals surface area (Å²) in [6, 6.07) is 19.2. The Morgan fingerprint density at radius 3 is 2.43 bits per heavy atom. The van der Waals surface area contributed by atoms with Crippen LogP contribution in [-0.4, -0.2) is 29.1 Å². The van der Waals surface area contributed by atoms with Crippen molar-refractivity contribution in [2.45, 2.75) is 15.4 Å². The number of rotatable bonds is 5. The van der Waals surface area contributed by atoms with Gasteiger partial charge in [0.15, 0.2) is 8.82 Å². The highest BCUT2D eigenvalue weighted by atomic mass is 79.9. The highest BCUT2D eigenvalue weighted by molar-refractivity contribution is 9.14. The summed E-state index contributed by atoms with van der Waals surface area (Å²) in [6.07, 6.45) is 0. The SMILES string of the molecule is Cc1c(-c2csc(/N=C3\NC(=O)C(Br)(C(Br)c4ccccc4)S3)n2)c(=O)n(-c2ccccc2)n1C. The molecular weight excluding hydrogens is 614 g/mol. The maximum absolute atomic E-state index is 13.3. The third kappa shape index (κ3) is 4.35. The number of halogens is 2. The number of thiazole rings is 1. The molecule has 4 aromatic rings. The summed E-state index contributed by atoms with van der Waals surface area (Å²) in [4.78, 5) is 35.0. The molecule has 1 aliphatic rings. The average molecular weight is 633 g/mol. The quantitative estimate of drug-likeness (QED) is 0.287. The van der Waals surface area contributed by atoms with Gasteiger partial charge in [-0.25, -0.2) is 9.67 Å². The van der Waals surface area contributed by atoms with Crippen molar-refractivity contribution >= 4 is 71.2 Å². The van der Waals surface area contributed by atoms with Gasteiger partial charge in [-0.3, -0.25) is 14.3 Å². The van der Waals surface area contributed by atoms with E-state index in [-0.39, 0.29) is 16.3 Å². The smallest absolute Gasteiger partial charge is 0.281 e. The van der Waals surface area contributed by atoms with Crippen molar-refractivity contribution in [2.75, 3.05) is 0 Å². The fraction of sp³-hybridized carbons (Fsp3) is 0.167. The number of aromatic nitrogens is 3. The lowest BCUT2D eigenvalue weighted by Crippen LogP contribution is -2.34. The first-order valence-electron chi connectivity index (χ1n) is 10.6. The van der Waals surface area contributed by atoms with Crippen molar-refractivity contribution < 1.29 is 4.79 Å². The van der Waals surface area contributed by atoms with Crippen LogP contribution in [0.15, 0.2) is 75.8 Å². The van der Waals surface area contributed by atoms with Gasteiger partial charge in [0.05, 0.1) is 21.8 Å². The van der Waals surface area contributed by atoms with E-state index in [1.807, 2.05) is 84.7 Å². The van der Waals surface area contributed by atoms with E-state index in [2.05, 4.69) is 47.2 Å². The van der Waals surface area contributed by atoms with Crippen molar-refractivity contribution in [3.05, 3.63) is 87.7 Å². The minimum Gasteiger partial charge on any atom is -0.303 e. The van der Waals surface area contributed by atoms with Gasteiger partial charge in [0, 0.05) is 18.1 Å². The monoisotopic (exact) mass is 631 g/mol. The fourth-order valence-corrected chi connectivity index (χ4v) is 7.13. The molecule has 2 aromatic carbocycles. The molecule has 0 aliphatic carbocycles.